The van der Waals surface area contributed by atoms with Crippen molar-refractivity contribution in [1.82, 2.24) is 10.2 Å². The number of carbonyl (C=O) groups is 3. The maximum Gasteiger partial charge on any atom is 0.345 e. The zero-order valence-corrected chi connectivity index (χ0v) is 16.3. The van der Waals surface area contributed by atoms with Gasteiger partial charge in [-0.2, -0.15) is 0 Å². The Morgan fingerprint density at radius 1 is 1.04 bits per heavy atom. The zero-order chi connectivity index (χ0) is 20.0. The predicted octanol–water partition coefficient (Wildman–Crippen LogP) is 3.81. The van der Waals surface area contributed by atoms with Gasteiger partial charge >= 0.3 is 12.0 Å². The molecule has 2 aromatic rings. The Hall–Kier alpha value is -2.87. The van der Waals surface area contributed by atoms with Crippen molar-refractivity contribution in [1.29, 1.82) is 0 Å². The fourth-order valence-electron chi connectivity index (χ4n) is 2.49. The minimum Gasteiger partial charge on any atom is -0.477 e. The normalized spacial score (nSPS) is 11.5. The van der Waals surface area contributed by atoms with Gasteiger partial charge in [-0.05, 0) is 50.6 Å². The summed E-state index contributed by atoms with van der Waals surface area (Å²) >= 11 is 0.939. The van der Waals surface area contributed by atoms with Gasteiger partial charge in [-0.15, -0.1) is 11.3 Å². The second-order valence-corrected chi connectivity index (χ2v) is 6.97. The van der Waals surface area contributed by atoms with Crippen molar-refractivity contribution in [2.45, 2.75) is 26.8 Å². The van der Waals surface area contributed by atoms with E-state index in [1.807, 2.05) is 32.9 Å². The summed E-state index contributed by atoms with van der Waals surface area (Å²) in [6.45, 7) is 6.95. The molecule has 27 heavy (non-hydrogen) atoms. The van der Waals surface area contributed by atoms with Gasteiger partial charge in [0.15, 0.2) is 0 Å². The van der Waals surface area contributed by atoms with Crippen molar-refractivity contribution in [3.63, 3.8) is 0 Å². The Kier molecular flexibility index (Phi) is 6.95. The Morgan fingerprint density at radius 2 is 1.63 bits per heavy atom. The maximum absolute atomic E-state index is 12.3. The van der Waals surface area contributed by atoms with Gasteiger partial charge < -0.3 is 20.6 Å². The highest BCUT2D eigenvalue weighted by Gasteiger charge is 2.16. The second-order valence-electron chi connectivity index (χ2n) is 5.89. The molecule has 7 nitrogen and oxygen atoms in total. The molecule has 8 heteroatoms. The number of hydrogen-bond acceptors (Lipinski definition) is 4. The molecular weight excluding hydrogens is 366 g/mol. The molecule has 0 saturated carbocycles. The Morgan fingerprint density at radius 3 is 2.15 bits per heavy atom. The lowest BCUT2D eigenvalue weighted by molar-refractivity contribution is 0.0702. The van der Waals surface area contributed by atoms with E-state index in [1.165, 1.54) is 12.1 Å². The third-order valence-electron chi connectivity index (χ3n) is 4.10. The third kappa shape index (κ3) is 5.30. The molecule has 0 radical (unpaired) electrons. The van der Waals surface area contributed by atoms with Gasteiger partial charge in [-0.25, -0.2) is 9.59 Å². The van der Waals surface area contributed by atoms with E-state index in [4.69, 9.17) is 5.11 Å². The number of nitrogens with zero attached hydrogens (tertiary/aromatic N) is 1. The van der Waals surface area contributed by atoms with Gasteiger partial charge in [0.05, 0.1) is 10.9 Å². The van der Waals surface area contributed by atoms with E-state index in [-0.39, 0.29) is 22.9 Å². The van der Waals surface area contributed by atoms with Crippen molar-refractivity contribution in [3.8, 4) is 0 Å². The number of benzene rings is 1. The summed E-state index contributed by atoms with van der Waals surface area (Å²) in [4.78, 5) is 37.4. The molecule has 144 valence electrons. The quantitative estimate of drug-likeness (QED) is 0.670. The van der Waals surface area contributed by atoms with Crippen LogP contribution in [0.1, 0.15) is 51.7 Å². The predicted molar refractivity (Wildman–Crippen MR) is 106 cm³/mol. The van der Waals surface area contributed by atoms with Crippen molar-refractivity contribution in [3.05, 3.63) is 51.7 Å². The molecule has 0 aliphatic rings. The molecule has 0 spiro atoms. The first kappa shape index (κ1) is 20.4. The van der Waals surface area contributed by atoms with Crippen molar-refractivity contribution in [2.75, 3.05) is 18.4 Å². The minimum absolute atomic E-state index is 0.126. The number of carboxylic acids is 1. The van der Waals surface area contributed by atoms with Crippen LogP contribution in [0, 0.1) is 0 Å². The molecule has 3 amide bonds. The monoisotopic (exact) mass is 389 g/mol. The van der Waals surface area contributed by atoms with E-state index in [2.05, 4.69) is 10.6 Å². The number of thiophene rings is 1. The molecule has 0 saturated heterocycles. The van der Waals surface area contributed by atoms with Crippen LogP contribution < -0.4 is 10.6 Å². The van der Waals surface area contributed by atoms with E-state index in [0.717, 1.165) is 16.9 Å². The Balaban J connectivity index is 1.98. The average Bonchev–Trinajstić information content (AvgIpc) is 3.14. The molecule has 3 N–H and O–H groups in total. The third-order valence-corrected chi connectivity index (χ3v) is 5.17. The molecule has 1 unspecified atom stereocenters. The summed E-state index contributed by atoms with van der Waals surface area (Å²) in [7, 11) is 0. The Bertz CT molecular complexity index is 813. The number of hydrogen-bond donors (Lipinski definition) is 3. The number of nitrogens with one attached hydrogen (secondary N) is 2. The summed E-state index contributed by atoms with van der Waals surface area (Å²) in [5.74, 6) is -1.37. The average molecular weight is 389 g/mol. The van der Waals surface area contributed by atoms with E-state index in [0.29, 0.717) is 23.7 Å². The SMILES string of the molecule is CCN(CC)C(=O)Nc1ccc(C(C)NC(=O)c2ccc(C(=O)O)s2)cc1. The van der Waals surface area contributed by atoms with Crippen LogP contribution in [0.15, 0.2) is 36.4 Å². The van der Waals surface area contributed by atoms with Gasteiger partial charge in [-0.3, -0.25) is 4.79 Å². The van der Waals surface area contributed by atoms with Crippen LogP contribution in [-0.4, -0.2) is 41.0 Å². The second kappa shape index (κ2) is 9.18. The number of amides is 3. The van der Waals surface area contributed by atoms with Gasteiger partial charge in [-0.1, -0.05) is 12.1 Å². The summed E-state index contributed by atoms with van der Waals surface area (Å²) in [5, 5.41) is 14.6. The Labute approximate surface area is 162 Å². The summed E-state index contributed by atoms with van der Waals surface area (Å²) in [5.41, 5.74) is 1.55. The van der Waals surface area contributed by atoms with E-state index >= 15 is 0 Å². The summed E-state index contributed by atoms with van der Waals surface area (Å²) in [6.07, 6.45) is 0. The molecule has 0 fully saturated rings. The van der Waals surface area contributed by atoms with Gasteiger partial charge in [0.1, 0.15) is 4.88 Å². The van der Waals surface area contributed by atoms with Crippen molar-refractivity contribution >= 4 is 34.9 Å². The number of anilines is 1. The molecule has 0 aliphatic carbocycles. The highest BCUT2D eigenvalue weighted by molar-refractivity contribution is 7.15. The number of urea groups is 1. The summed E-state index contributed by atoms with van der Waals surface area (Å²) in [6, 6.07) is 9.74. The lowest BCUT2D eigenvalue weighted by atomic mass is 10.1. The first-order valence-corrected chi connectivity index (χ1v) is 9.47. The highest BCUT2D eigenvalue weighted by atomic mass is 32.1. The number of aromatic carboxylic acids is 1. The van der Waals surface area contributed by atoms with E-state index in [9.17, 15) is 14.4 Å². The first-order valence-electron chi connectivity index (χ1n) is 8.65. The lowest BCUT2D eigenvalue weighted by Gasteiger charge is -2.19. The van der Waals surface area contributed by atoms with Crippen molar-refractivity contribution in [2.24, 2.45) is 0 Å². The topological polar surface area (TPSA) is 98.7 Å². The lowest BCUT2D eigenvalue weighted by Crippen LogP contribution is -2.34. The number of carbonyl (C=O) groups excluding carboxylic acids is 2. The van der Waals surface area contributed by atoms with Crippen molar-refractivity contribution < 1.29 is 19.5 Å². The van der Waals surface area contributed by atoms with E-state index in [1.54, 1.807) is 17.0 Å². The molecule has 1 atom stereocenters. The summed E-state index contributed by atoms with van der Waals surface area (Å²) < 4.78 is 0. The standard InChI is InChI=1S/C19H23N3O4S/c1-4-22(5-2)19(26)21-14-8-6-13(7-9-14)12(3)20-17(23)15-10-11-16(27-15)18(24)25/h6-12H,4-5H2,1-3H3,(H,20,23)(H,21,26)(H,24,25). The van der Waals surface area contributed by atoms with Crippen LogP contribution in [-0.2, 0) is 0 Å². The maximum atomic E-state index is 12.3. The zero-order valence-electron chi connectivity index (χ0n) is 15.5. The highest BCUT2D eigenvalue weighted by Crippen LogP contribution is 2.20. The number of carboxylic acid groups (broad SMARTS) is 1. The molecule has 0 aliphatic heterocycles. The van der Waals surface area contributed by atoms with Crippen LogP contribution in [0.5, 0.6) is 0 Å². The minimum atomic E-state index is -1.05. The van der Waals surface area contributed by atoms with Gasteiger partial charge in [0.2, 0.25) is 0 Å². The van der Waals surface area contributed by atoms with Crippen LogP contribution >= 0.6 is 11.3 Å². The molecular formula is C19H23N3O4S. The molecule has 1 heterocycles. The van der Waals surface area contributed by atoms with Crippen LogP contribution in [0.2, 0.25) is 0 Å². The van der Waals surface area contributed by atoms with E-state index < -0.39 is 5.97 Å². The van der Waals surface area contributed by atoms with Gasteiger partial charge in [0, 0.05) is 18.8 Å². The van der Waals surface area contributed by atoms with Crippen LogP contribution in [0.25, 0.3) is 0 Å². The molecule has 2 rings (SSSR count). The van der Waals surface area contributed by atoms with Crippen LogP contribution in [0.3, 0.4) is 0 Å². The molecule has 1 aromatic carbocycles. The van der Waals surface area contributed by atoms with Gasteiger partial charge in [0.25, 0.3) is 5.91 Å². The largest absolute Gasteiger partial charge is 0.477 e. The molecule has 0 bridgehead atoms. The van der Waals surface area contributed by atoms with Crippen LogP contribution in [0.4, 0.5) is 10.5 Å². The fourth-order valence-corrected chi connectivity index (χ4v) is 3.24. The number of rotatable bonds is 7. The molecule has 1 aromatic heterocycles. The fraction of sp³-hybridized carbons (Fsp3) is 0.316. The first-order chi connectivity index (χ1) is 12.8. The smallest absolute Gasteiger partial charge is 0.345 e.